The fourth-order valence-electron chi connectivity index (χ4n) is 1.26. The van der Waals surface area contributed by atoms with Crippen LogP contribution < -0.4 is 10.5 Å². The van der Waals surface area contributed by atoms with Gasteiger partial charge in [-0.1, -0.05) is 24.4 Å². The minimum atomic E-state index is -0.368. The molecule has 0 saturated heterocycles. The molecule has 1 heterocycles. The standard InChI is InChI=1S/C12H9FN2OS/c13-8-3-1-4-9(7-8)16-11-6-2-5-10(15-11)12(14)17/h1-7H,(H2,14,17). The summed E-state index contributed by atoms with van der Waals surface area (Å²) >= 11 is 4.81. The van der Waals surface area contributed by atoms with Crippen molar-refractivity contribution in [2.24, 2.45) is 5.73 Å². The van der Waals surface area contributed by atoms with E-state index in [0.717, 1.165) is 0 Å². The first kappa shape index (κ1) is 11.5. The van der Waals surface area contributed by atoms with Crippen LogP contribution in [0.2, 0.25) is 0 Å². The third kappa shape index (κ3) is 2.98. The molecule has 0 aliphatic carbocycles. The van der Waals surface area contributed by atoms with Crippen LogP contribution in [0.4, 0.5) is 4.39 Å². The number of hydrogen-bond acceptors (Lipinski definition) is 3. The summed E-state index contributed by atoms with van der Waals surface area (Å²) in [5.41, 5.74) is 5.92. The van der Waals surface area contributed by atoms with Gasteiger partial charge in [-0.25, -0.2) is 9.37 Å². The molecular formula is C12H9FN2OS. The van der Waals surface area contributed by atoms with Crippen LogP contribution >= 0.6 is 12.2 Å². The lowest BCUT2D eigenvalue weighted by Gasteiger charge is -2.05. The number of nitrogens with zero attached hydrogens (tertiary/aromatic N) is 1. The van der Waals surface area contributed by atoms with Gasteiger partial charge in [-0.3, -0.25) is 0 Å². The Kier molecular flexibility index (Phi) is 3.30. The second kappa shape index (κ2) is 4.88. The number of thiocarbonyl (C=S) groups is 1. The summed E-state index contributed by atoms with van der Waals surface area (Å²) in [4.78, 5) is 4.28. The number of pyridine rings is 1. The van der Waals surface area contributed by atoms with Gasteiger partial charge in [0.05, 0.1) is 0 Å². The fourth-order valence-corrected chi connectivity index (χ4v) is 1.37. The predicted molar refractivity (Wildman–Crippen MR) is 66.6 cm³/mol. The van der Waals surface area contributed by atoms with Crippen molar-refractivity contribution in [1.82, 2.24) is 4.98 Å². The first-order valence-corrected chi connectivity index (χ1v) is 5.26. The van der Waals surface area contributed by atoms with Crippen molar-refractivity contribution < 1.29 is 9.13 Å². The van der Waals surface area contributed by atoms with E-state index < -0.39 is 0 Å². The van der Waals surface area contributed by atoms with Crippen LogP contribution in [-0.4, -0.2) is 9.97 Å². The normalized spacial score (nSPS) is 9.94. The van der Waals surface area contributed by atoms with Gasteiger partial charge in [-0.15, -0.1) is 0 Å². The van der Waals surface area contributed by atoms with Crippen LogP contribution in [0.3, 0.4) is 0 Å². The molecule has 0 fully saturated rings. The summed E-state index contributed by atoms with van der Waals surface area (Å²) in [5.74, 6) is 0.325. The SMILES string of the molecule is NC(=S)c1cccc(Oc2cccc(F)c2)n1. The van der Waals surface area contributed by atoms with Crippen molar-refractivity contribution in [3.8, 4) is 11.6 Å². The van der Waals surface area contributed by atoms with E-state index in [1.807, 2.05) is 0 Å². The monoisotopic (exact) mass is 248 g/mol. The van der Waals surface area contributed by atoms with Gasteiger partial charge in [-0.2, -0.15) is 0 Å². The number of ether oxygens (including phenoxy) is 1. The van der Waals surface area contributed by atoms with Crippen molar-refractivity contribution in [3.05, 3.63) is 54.0 Å². The zero-order chi connectivity index (χ0) is 12.3. The van der Waals surface area contributed by atoms with Gasteiger partial charge in [0.15, 0.2) is 0 Å². The highest BCUT2D eigenvalue weighted by atomic mass is 32.1. The van der Waals surface area contributed by atoms with E-state index in [1.165, 1.54) is 12.1 Å². The Balaban J connectivity index is 2.24. The van der Waals surface area contributed by atoms with Gasteiger partial charge in [0.1, 0.15) is 22.2 Å². The maximum atomic E-state index is 12.9. The number of aromatic nitrogens is 1. The number of nitrogens with two attached hydrogens (primary N) is 1. The summed E-state index contributed by atoms with van der Waals surface area (Å²) in [6.07, 6.45) is 0. The first-order chi connectivity index (χ1) is 8.15. The summed E-state index contributed by atoms with van der Waals surface area (Å²) in [5, 5.41) is 0. The minimum absolute atomic E-state index is 0.190. The Bertz CT molecular complexity index is 560. The Morgan fingerprint density at radius 3 is 2.71 bits per heavy atom. The maximum Gasteiger partial charge on any atom is 0.219 e. The largest absolute Gasteiger partial charge is 0.439 e. The second-order valence-corrected chi connectivity index (χ2v) is 3.72. The van der Waals surface area contributed by atoms with E-state index in [0.29, 0.717) is 17.3 Å². The zero-order valence-corrected chi connectivity index (χ0v) is 9.58. The van der Waals surface area contributed by atoms with E-state index in [9.17, 15) is 4.39 Å². The molecule has 3 nitrogen and oxygen atoms in total. The molecule has 0 bridgehead atoms. The number of hydrogen-bond donors (Lipinski definition) is 1. The van der Waals surface area contributed by atoms with Crippen LogP contribution in [0.1, 0.15) is 5.69 Å². The molecule has 0 aliphatic rings. The summed E-state index contributed by atoms with van der Waals surface area (Å²) < 4.78 is 18.3. The number of halogens is 1. The molecule has 0 saturated carbocycles. The molecule has 1 aromatic carbocycles. The van der Waals surface area contributed by atoms with Crippen LogP contribution in [0.25, 0.3) is 0 Å². The molecule has 17 heavy (non-hydrogen) atoms. The van der Waals surface area contributed by atoms with Gasteiger partial charge >= 0.3 is 0 Å². The molecule has 2 rings (SSSR count). The molecule has 2 aromatic rings. The maximum absolute atomic E-state index is 12.9. The molecule has 0 amide bonds. The fraction of sp³-hybridized carbons (Fsp3) is 0. The Hall–Kier alpha value is -2.01. The van der Waals surface area contributed by atoms with Gasteiger partial charge in [-0.05, 0) is 18.2 Å². The number of rotatable bonds is 3. The van der Waals surface area contributed by atoms with Gasteiger partial charge < -0.3 is 10.5 Å². The summed E-state index contributed by atoms with van der Waals surface area (Å²) in [7, 11) is 0. The molecule has 86 valence electrons. The van der Waals surface area contributed by atoms with Crippen molar-refractivity contribution in [1.29, 1.82) is 0 Å². The van der Waals surface area contributed by atoms with Gasteiger partial charge in [0, 0.05) is 12.1 Å². The lowest BCUT2D eigenvalue weighted by Crippen LogP contribution is -2.11. The van der Waals surface area contributed by atoms with E-state index in [2.05, 4.69) is 4.98 Å². The predicted octanol–water partition coefficient (Wildman–Crippen LogP) is 2.65. The highest BCUT2D eigenvalue weighted by Gasteiger charge is 2.03. The van der Waals surface area contributed by atoms with E-state index in [-0.39, 0.29) is 10.8 Å². The molecule has 0 spiro atoms. The highest BCUT2D eigenvalue weighted by molar-refractivity contribution is 7.80. The third-order valence-electron chi connectivity index (χ3n) is 1.99. The second-order valence-electron chi connectivity index (χ2n) is 3.28. The molecule has 1 aromatic heterocycles. The molecule has 0 atom stereocenters. The summed E-state index contributed by atoms with van der Waals surface area (Å²) in [6, 6.07) is 10.9. The number of benzene rings is 1. The van der Waals surface area contributed by atoms with E-state index in [4.69, 9.17) is 22.7 Å². The molecule has 2 N–H and O–H groups in total. The van der Waals surface area contributed by atoms with Crippen LogP contribution in [0.15, 0.2) is 42.5 Å². The minimum Gasteiger partial charge on any atom is -0.439 e. The Morgan fingerprint density at radius 2 is 2.00 bits per heavy atom. The van der Waals surface area contributed by atoms with Crippen LogP contribution in [0.5, 0.6) is 11.6 Å². The first-order valence-electron chi connectivity index (χ1n) is 4.85. The van der Waals surface area contributed by atoms with Crippen LogP contribution in [0, 0.1) is 5.82 Å². The molecule has 0 unspecified atom stereocenters. The lowest BCUT2D eigenvalue weighted by molar-refractivity contribution is 0.458. The highest BCUT2D eigenvalue weighted by Crippen LogP contribution is 2.20. The van der Waals surface area contributed by atoms with E-state index >= 15 is 0 Å². The Labute approximate surface area is 103 Å². The third-order valence-corrected chi connectivity index (χ3v) is 2.20. The lowest BCUT2D eigenvalue weighted by atomic mass is 10.3. The van der Waals surface area contributed by atoms with E-state index in [1.54, 1.807) is 30.3 Å². The molecular weight excluding hydrogens is 239 g/mol. The van der Waals surface area contributed by atoms with Crippen molar-refractivity contribution in [2.45, 2.75) is 0 Å². The summed E-state index contributed by atoms with van der Waals surface area (Å²) in [6.45, 7) is 0. The van der Waals surface area contributed by atoms with Crippen molar-refractivity contribution >= 4 is 17.2 Å². The van der Waals surface area contributed by atoms with Gasteiger partial charge in [0.2, 0.25) is 5.88 Å². The molecule has 0 radical (unpaired) electrons. The van der Waals surface area contributed by atoms with Gasteiger partial charge in [0.25, 0.3) is 0 Å². The zero-order valence-electron chi connectivity index (χ0n) is 8.76. The topological polar surface area (TPSA) is 48.1 Å². The average molecular weight is 248 g/mol. The average Bonchev–Trinajstić information content (AvgIpc) is 2.29. The van der Waals surface area contributed by atoms with Crippen LogP contribution in [-0.2, 0) is 0 Å². The van der Waals surface area contributed by atoms with Crippen molar-refractivity contribution in [2.75, 3.05) is 0 Å². The van der Waals surface area contributed by atoms with Crippen molar-refractivity contribution in [3.63, 3.8) is 0 Å². The smallest absolute Gasteiger partial charge is 0.219 e. The molecule has 0 aliphatic heterocycles. The quantitative estimate of drug-likeness (QED) is 0.848. The Morgan fingerprint density at radius 1 is 1.24 bits per heavy atom. The molecule has 5 heteroatoms.